The Balaban J connectivity index is 2.80. The maximum absolute atomic E-state index is 12.0. The minimum absolute atomic E-state index is 0.158. The maximum atomic E-state index is 12.0. The summed E-state index contributed by atoms with van der Waals surface area (Å²) in [6.45, 7) is 7.86. The van der Waals surface area contributed by atoms with Crippen LogP contribution in [0.5, 0.6) is 0 Å². The zero-order valence-electron chi connectivity index (χ0n) is 12.7. The van der Waals surface area contributed by atoms with Gasteiger partial charge in [-0.25, -0.2) is 0 Å². The van der Waals surface area contributed by atoms with Crippen molar-refractivity contribution in [1.82, 2.24) is 4.90 Å². The predicted octanol–water partition coefficient (Wildman–Crippen LogP) is 3.38. The summed E-state index contributed by atoms with van der Waals surface area (Å²) in [6, 6.07) is -0.158. The van der Waals surface area contributed by atoms with Crippen LogP contribution in [0.15, 0.2) is 27.7 Å². The number of carbonyl (C=O) groups is 1. The van der Waals surface area contributed by atoms with Gasteiger partial charge in [0.05, 0.1) is 6.04 Å². The molecule has 0 aliphatic carbocycles. The number of hydrogen-bond acceptors (Lipinski definition) is 3. The second kappa shape index (κ2) is 6.84. The number of amides is 1. The summed E-state index contributed by atoms with van der Waals surface area (Å²) in [7, 11) is 1.69. The highest BCUT2D eigenvalue weighted by Gasteiger charge is 2.35. The number of rotatable bonds is 4. The van der Waals surface area contributed by atoms with Crippen molar-refractivity contribution in [2.24, 2.45) is 10.9 Å². The molecule has 0 fully saturated rings. The molecule has 1 aliphatic rings. The van der Waals surface area contributed by atoms with Crippen LogP contribution in [0, 0.1) is 11.3 Å². The minimum atomic E-state index is -0.287. The van der Waals surface area contributed by atoms with Crippen molar-refractivity contribution in [1.29, 1.82) is 5.41 Å². The molecular formula is C15H22ClN3O. The zero-order valence-corrected chi connectivity index (χ0v) is 13.5. The van der Waals surface area contributed by atoms with Gasteiger partial charge in [-0.1, -0.05) is 31.5 Å². The van der Waals surface area contributed by atoms with Gasteiger partial charge in [-0.2, -0.15) is 0 Å². The van der Waals surface area contributed by atoms with Crippen molar-refractivity contribution < 1.29 is 4.79 Å². The van der Waals surface area contributed by atoms with E-state index in [2.05, 4.69) is 18.8 Å². The maximum Gasteiger partial charge on any atom is 0.271 e. The van der Waals surface area contributed by atoms with Crippen molar-refractivity contribution in [3.05, 3.63) is 22.8 Å². The number of allylic oxidation sites excluding steroid dienone is 2. The predicted molar refractivity (Wildman–Crippen MR) is 84.5 cm³/mol. The molecule has 0 saturated heterocycles. The van der Waals surface area contributed by atoms with Crippen LogP contribution in [0.3, 0.4) is 0 Å². The number of halogens is 1. The summed E-state index contributed by atoms with van der Waals surface area (Å²) < 4.78 is 0. The monoisotopic (exact) mass is 295 g/mol. The Morgan fingerprint density at radius 2 is 2.15 bits per heavy atom. The molecular weight excluding hydrogens is 274 g/mol. The van der Waals surface area contributed by atoms with E-state index in [1.807, 2.05) is 26.0 Å². The standard InChI is InChI=1S/C15H22ClN3O/c1-9(2)6-7-12(18-5)8-13(17)19-11(4)10(3)14(16)15(19)20/h6-7,9,11,17H,8H2,1-5H3/b7-6+,17-13?,18-12?. The molecule has 0 aromatic rings. The Labute approximate surface area is 125 Å². The third-order valence-electron chi connectivity index (χ3n) is 3.37. The molecule has 1 heterocycles. The molecule has 5 heteroatoms. The van der Waals surface area contributed by atoms with Gasteiger partial charge in [0.15, 0.2) is 0 Å². The van der Waals surface area contributed by atoms with E-state index in [1.54, 1.807) is 7.05 Å². The van der Waals surface area contributed by atoms with Gasteiger partial charge in [-0.3, -0.25) is 20.1 Å². The number of amidine groups is 1. The molecule has 0 aromatic heterocycles. The van der Waals surface area contributed by atoms with Crippen LogP contribution in [0.2, 0.25) is 0 Å². The molecule has 0 aromatic carbocycles. The summed E-state index contributed by atoms with van der Waals surface area (Å²) in [6.07, 6.45) is 4.26. The zero-order chi connectivity index (χ0) is 15.4. The summed E-state index contributed by atoms with van der Waals surface area (Å²) in [5.74, 6) is 0.364. The number of aliphatic imine (C=N–C) groups is 1. The first-order chi connectivity index (χ1) is 9.29. The van der Waals surface area contributed by atoms with Crippen LogP contribution in [-0.4, -0.2) is 35.4 Å². The Bertz CT molecular complexity index is 503. The first-order valence-corrected chi connectivity index (χ1v) is 7.08. The molecule has 0 saturated carbocycles. The highest BCUT2D eigenvalue weighted by atomic mass is 35.5. The van der Waals surface area contributed by atoms with Gasteiger partial charge in [0.25, 0.3) is 5.91 Å². The lowest BCUT2D eigenvalue weighted by Gasteiger charge is -2.23. The molecule has 110 valence electrons. The first-order valence-electron chi connectivity index (χ1n) is 6.70. The largest absolute Gasteiger partial charge is 0.293 e. The Morgan fingerprint density at radius 3 is 2.55 bits per heavy atom. The fourth-order valence-electron chi connectivity index (χ4n) is 1.96. The second-order valence-electron chi connectivity index (χ2n) is 5.29. The van der Waals surface area contributed by atoms with Crippen molar-refractivity contribution in [2.45, 2.75) is 40.2 Å². The molecule has 1 amide bonds. The van der Waals surface area contributed by atoms with E-state index in [9.17, 15) is 4.79 Å². The quantitative estimate of drug-likeness (QED) is 0.627. The lowest BCUT2D eigenvalue weighted by Crippen LogP contribution is -2.39. The molecule has 1 atom stereocenters. The van der Waals surface area contributed by atoms with Crippen molar-refractivity contribution in [2.75, 3.05) is 7.05 Å². The highest BCUT2D eigenvalue weighted by molar-refractivity contribution is 6.44. The molecule has 0 spiro atoms. The van der Waals surface area contributed by atoms with Gasteiger partial charge in [0.2, 0.25) is 0 Å². The number of carbonyl (C=O) groups excluding carboxylic acids is 1. The molecule has 4 nitrogen and oxygen atoms in total. The normalized spacial score (nSPS) is 20.8. The lowest BCUT2D eigenvalue weighted by atomic mass is 10.1. The number of nitrogens with one attached hydrogen (secondary N) is 1. The van der Waals surface area contributed by atoms with E-state index in [-0.39, 0.29) is 22.8 Å². The van der Waals surface area contributed by atoms with E-state index < -0.39 is 0 Å². The molecule has 1 aliphatic heterocycles. The van der Waals surface area contributed by atoms with Crippen LogP contribution in [0.4, 0.5) is 0 Å². The van der Waals surface area contributed by atoms with E-state index in [0.29, 0.717) is 12.3 Å². The van der Waals surface area contributed by atoms with Crippen molar-refractivity contribution in [3.63, 3.8) is 0 Å². The van der Waals surface area contributed by atoms with Crippen LogP contribution < -0.4 is 0 Å². The third kappa shape index (κ3) is 3.57. The Morgan fingerprint density at radius 1 is 1.55 bits per heavy atom. The van der Waals surface area contributed by atoms with E-state index in [1.165, 1.54) is 4.90 Å². The minimum Gasteiger partial charge on any atom is -0.293 e. The van der Waals surface area contributed by atoms with E-state index in [4.69, 9.17) is 17.0 Å². The average molecular weight is 296 g/mol. The average Bonchev–Trinajstić information content (AvgIpc) is 2.58. The fourth-order valence-corrected chi connectivity index (χ4v) is 2.21. The fraction of sp³-hybridized carbons (Fsp3) is 0.533. The third-order valence-corrected chi connectivity index (χ3v) is 3.83. The van der Waals surface area contributed by atoms with Crippen LogP contribution in [0.25, 0.3) is 0 Å². The molecule has 0 bridgehead atoms. The van der Waals surface area contributed by atoms with Gasteiger partial charge in [-0.05, 0) is 31.4 Å². The number of hydrogen-bond donors (Lipinski definition) is 1. The lowest BCUT2D eigenvalue weighted by molar-refractivity contribution is -0.122. The van der Waals surface area contributed by atoms with Crippen molar-refractivity contribution >= 4 is 29.1 Å². The van der Waals surface area contributed by atoms with E-state index in [0.717, 1.165) is 11.3 Å². The molecule has 1 N–H and O–H groups in total. The van der Waals surface area contributed by atoms with Gasteiger partial charge in [0, 0.05) is 19.2 Å². The van der Waals surface area contributed by atoms with Gasteiger partial charge in [0.1, 0.15) is 10.9 Å². The van der Waals surface area contributed by atoms with Crippen LogP contribution in [-0.2, 0) is 4.79 Å². The molecule has 0 radical (unpaired) electrons. The SMILES string of the molecule is CN=C(/C=C/C(C)C)CC(=N)N1C(=O)C(Cl)=C(C)C1C. The Hall–Kier alpha value is -1.42. The summed E-state index contributed by atoms with van der Waals surface area (Å²) in [5, 5.41) is 8.38. The molecule has 1 rings (SSSR count). The van der Waals surface area contributed by atoms with Crippen LogP contribution >= 0.6 is 11.6 Å². The first kappa shape index (κ1) is 16.6. The molecule has 1 unspecified atom stereocenters. The summed E-state index contributed by atoms with van der Waals surface area (Å²) >= 11 is 5.97. The smallest absolute Gasteiger partial charge is 0.271 e. The molecule has 20 heavy (non-hydrogen) atoms. The topological polar surface area (TPSA) is 56.5 Å². The summed E-state index contributed by atoms with van der Waals surface area (Å²) in [5.41, 5.74) is 1.60. The van der Waals surface area contributed by atoms with Crippen LogP contribution in [0.1, 0.15) is 34.1 Å². The van der Waals surface area contributed by atoms with Crippen molar-refractivity contribution in [3.8, 4) is 0 Å². The van der Waals surface area contributed by atoms with Gasteiger partial charge < -0.3 is 0 Å². The second-order valence-corrected chi connectivity index (χ2v) is 5.67. The van der Waals surface area contributed by atoms with E-state index >= 15 is 0 Å². The number of nitrogens with zero attached hydrogens (tertiary/aromatic N) is 2. The Kier molecular flexibility index (Phi) is 5.69. The highest BCUT2D eigenvalue weighted by Crippen LogP contribution is 2.28. The van der Waals surface area contributed by atoms with Gasteiger partial charge in [-0.15, -0.1) is 0 Å². The van der Waals surface area contributed by atoms with Gasteiger partial charge >= 0.3 is 0 Å². The summed E-state index contributed by atoms with van der Waals surface area (Å²) in [4.78, 5) is 17.6.